The van der Waals surface area contributed by atoms with E-state index in [1.165, 1.54) is 7.11 Å². The summed E-state index contributed by atoms with van der Waals surface area (Å²) in [4.78, 5) is 11.8. The van der Waals surface area contributed by atoms with Crippen LogP contribution in [0.15, 0.2) is 18.2 Å². The summed E-state index contributed by atoms with van der Waals surface area (Å²) in [5, 5.41) is 8.42. The first-order chi connectivity index (χ1) is 11.1. The molecule has 1 atom stereocenters. The van der Waals surface area contributed by atoms with Crippen LogP contribution in [-0.4, -0.2) is 27.8 Å². The van der Waals surface area contributed by atoms with E-state index in [1.54, 1.807) is 0 Å². The van der Waals surface area contributed by atoms with E-state index in [9.17, 15) is 4.79 Å². The lowest BCUT2D eigenvalue weighted by atomic mass is 9.99. The van der Waals surface area contributed by atoms with Crippen LogP contribution < -0.4 is 4.74 Å². The Bertz CT molecular complexity index is 704. The van der Waals surface area contributed by atoms with Crippen LogP contribution in [0.25, 0.3) is 0 Å². The van der Waals surface area contributed by atoms with Gasteiger partial charge in [-0.25, -0.2) is 0 Å². The fraction of sp³-hybridized carbons (Fsp3) is 0.471. The Hall–Kier alpha value is -2.37. The second kappa shape index (κ2) is 6.40. The number of carbonyl (C=O) groups is 1. The molecular formula is C17H21N3O3. The average molecular weight is 315 g/mol. The van der Waals surface area contributed by atoms with Gasteiger partial charge in [0, 0.05) is 13.0 Å². The number of fused-ring (bicyclic) bond motifs is 1. The van der Waals surface area contributed by atoms with Crippen LogP contribution in [-0.2, 0) is 29.1 Å². The molecule has 0 bridgehead atoms. The summed E-state index contributed by atoms with van der Waals surface area (Å²) in [5.41, 5.74) is 2.32. The molecule has 2 heterocycles. The maximum Gasteiger partial charge on any atom is 0.310 e. The van der Waals surface area contributed by atoms with Crippen molar-refractivity contribution in [2.24, 2.45) is 5.92 Å². The van der Waals surface area contributed by atoms with Crippen molar-refractivity contribution in [3.63, 3.8) is 0 Å². The van der Waals surface area contributed by atoms with E-state index in [-0.39, 0.29) is 11.9 Å². The van der Waals surface area contributed by atoms with Crippen LogP contribution in [0.5, 0.6) is 5.75 Å². The summed E-state index contributed by atoms with van der Waals surface area (Å²) >= 11 is 0. The van der Waals surface area contributed by atoms with Gasteiger partial charge in [-0.15, -0.1) is 10.2 Å². The molecule has 3 rings (SSSR count). The Morgan fingerprint density at radius 3 is 2.70 bits per heavy atom. The minimum atomic E-state index is -0.175. The minimum absolute atomic E-state index is 0.136. The van der Waals surface area contributed by atoms with Gasteiger partial charge >= 0.3 is 5.97 Å². The molecule has 6 nitrogen and oxygen atoms in total. The normalized spacial score (nSPS) is 16.7. The van der Waals surface area contributed by atoms with Crippen molar-refractivity contribution in [2.75, 3.05) is 7.11 Å². The van der Waals surface area contributed by atoms with Gasteiger partial charge in [-0.3, -0.25) is 4.79 Å². The van der Waals surface area contributed by atoms with E-state index in [2.05, 4.69) is 16.3 Å². The van der Waals surface area contributed by atoms with Crippen LogP contribution in [0, 0.1) is 19.8 Å². The number of methoxy groups -OCH3 is 1. The summed E-state index contributed by atoms with van der Waals surface area (Å²) in [6.45, 7) is 4.98. The zero-order valence-electron chi connectivity index (χ0n) is 13.7. The molecule has 1 aromatic heterocycles. The van der Waals surface area contributed by atoms with E-state index < -0.39 is 0 Å². The summed E-state index contributed by atoms with van der Waals surface area (Å²) in [5.74, 6) is 2.16. The van der Waals surface area contributed by atoms with E-state index in [4.69, 9.17) is 9.47 Å². The zero-order chi connectivity index (χ0) is 16.4. The van der Waals surface area contributed by atoms with Gasteiger partial charge in [0.15, 0.2) is 5.82 Å². The van der Waals surface area contributed by atoms with Gasteiger partial charge in [-0.1, -0.05) is 6.07 Å². The molecule has 1 aromatic carbocycles. The first-order valence-electron chi connectivity index (χ1n) is 7.76. The van der Waals surface area contributed by atoms with Crippen LogP contribution in [0.1, 0.15) is 29.2 Å². The molecule has 0 aliphatic carbocycles. The Labute approximate surface area is 135 Å². The van der Waals surface area contributed by atoms with Crippen molar-refractivity contribution < 1.29 is 14.3 Å². The van der Waals surface area contributed by atoms with Gasteiger partial charge in [-0.05, 0) is 43.5 Å². The largest absolute Gasteiger partial charge is 0.486 e. The third-order valence-electron chi connectivity index (χ3n) is 4.12. The highest BCUT2D eigenvalue weighted by molar-refractivity contribution is 5.72. The van der Waals surface area contributed by atoms with Gasteiger partial charge in [0.2, 0.25) is 0 Å². The molecule has 1 aliphatic rings. The van der Waals surface area contributed by atoms with Crippen LogP contribution in [0.3, 0.4) is 0 Å². The van der Waals surface area contributed by atoms with Crippen molar-refractivity contribution in [3.05, 3.63) is 41.0 Å². The van der Waals surface area contributed by atoms with Crippen molar-refractivity contribution in [1.82, 2.24) is 14.8 Å². The fourth-order valence-corrected chi connectivity index (χ4v) is 3.01. The topological polar surface area (TPSA) is 66.2 Å². The number of benzene rings is 1. The van der Waals surface area contributed by atoms with Gasteiger partial charge in [0.25, 0.3) is 0 Å². The molecular weight excluding hydrogens is 294 g/mol. The SMILES string of the molecule is COC(=O)C1CCc2nnc(COc3cc(C)cc(C)c3)n2C1. The monoisotopic (exact) mass is 315 g/mol. The number of hydrogen-bond acceptors (Lipinski definition) is 5. The highest BCUT2D eigenvalue weighted by Crippen LogP contribution is 2.22. The van der Waals surface area contributed by atoms with E-state index in [0.29, 0.717) is 13.2 Å². The van der Waals surface area contributed by atoms with Gasteiger partial charge in [0.1, 0.15) is 18.2 Å². The second-order valence-corrected chi connectivity index (χ2v) is 6.01. The number of aryl methyl sites for hydroxylation is 3. The zero-order valence-corrected chi connectivity index (χ0v) is 13.7. The van der Waals surface area contributed by atoms with Gasteiger partial charge < -0.3 is 14.0 Å². The summed E-state index contributed by atoms with van der Waals surface area (Å²) < 4.78 is 12.7. The van der Waals surface area contributed by atoms with Crippen LogP contribution in [0.4, 0.5) is 0 Å². The maximum absolute atomic E-state index is 11.8. The minimum Gasteiger partial charge on any atom is -0.486 e. The second-order valence-electron chi connectivity index (χ2n) is 6.01. The molecule has 122 valence electrons. The number of hydrogen-bond donors (Lipinski definition) is 0. The third-order valence-corrected chi connectivity index (χ3v) is 4.12. The molecule has 0 spiro atoms. The molecule has 6 heteroatoms. The standard InChI is InChI=1S/C17H21N3O3/c1-11-6-12(2)8-14(7-11)23-10-16-19-18-15-5-4-13(9-20(15)16)17(21)22-3/h6-8,13H,4-5,9-10H2,1-3H3. The molecule has 1 unspecified atom stereocenters. The van der Waals surface area contributed by atoms with Crippen molar-refractivity contribution >= 4 is 5.97 Å². The molecule has 0 saturated carbocycles. The number of nitrogens with zero attached hydrogens (tertiary/aromatic N) is 3. The van der Waals surface area contributed by atoms with Crippen LogP contribution >= 0.6 is 0 Å². The quantitative estimate of drug-likeness (QED) is 0.809. The third kappa shape index (κ3) is 3.36. The molecule has 0 radical (unpaired) electrons. The number of rotatable bonds is 4. The van der Waals surface area contributed by atoms with Crippen molar-refractivity contribution in [3.8, 4) is 5.75 Å². The fourth-order valence-electron chi connectivity index (χ4n) is 3.01. The van der Waals surface area contributed by atoms with Crippen molar-refractivity contribution in [2.45, 2.75) is 39.8 Å². The first kappa shape index (κ1) is 15.5. The lowest BCUT2D eigenvalue weighted by Gasteiger charge is -2.22. The average Bonchev–Trinajstić information content (AvgIpc) is 2.93. The number of aromatic nitrogens is 3. The predicted octanol–water partition coefficient (Wildman–Crippen LogP) is 2.21. The maximum atomic E-state index is 11.8. The van der Waals surface area contributed by atoms with E-state index >= 15 is 0 Å². The Morgan fingerprint density at radius 2 is 2.00 bits per heavy atom. The highest BCUT2D eigenvalue weighted by Gasteiger charge is 2.28. The predicted molar refractivity (Wildman–Crippen MR) is 84.1 cm³/mol. The molecule has 0 fully saturated rings. The van der Waals surface area contributed by atoms with Gasteiger partial charge in [0.05, 0.1) is 13.0 Å². The molecule has 0 saturated heterocycles. The molecule has 2 aromatic rings. The first-order valence-corrected chi connectivity index (χ1v) is 7.76. The Morgan fingerprint density at radius 1 is 1.26 bits per heavy atom. The highest BCUT2D eigenvalue weighted by atomic mass is 16.5. The van der Waals surface area contributed by atoms with E-state index in [1.807, 2.05) is 30.5 Å². The van der Waals surface area contributed by atoms with Crippen molar-refractivity contribution in [1.29, 1.82) is 0 Å². The number of esters is 1. The molecule has 23 heavy (non-hydrogen) atoms. The Kier molecular flexibility index (Phi) is 4.32. The lowest BCUT2D eigenvalue weighted by Crippen LogP contribution is -2.29. The van der Waals surface area contributed by atoms with E-state index in [0.717, 1.165) is 41.4 Å². The number of carbonyl (C=O) groups excluding carboxylic acids is 1. The van der Waals surface area contributed by atoms with Gasteiger partial charge in [-0.2, -0.15) is 0 Å². The smallest absolute Gasteiger partial charge is 0.310 e. The van der Waals surface area contributed by atoms with Crippen LogP contribution in [0.2, 0.25) is 0 Å². The molecule has 1 aliphatic heterocycles. The lowest BCUT2D eigenvalue weighted by molar-refractivity contribution is -0.146. The molecule has 0 N–H and O–H groups in total. The molecule has 0 amide bonds. The summed E-state index contributed by atoms with van der Waals surface area (Å²) in [6, 6.07) is 6.10. The Balaban J connectivity index is 1.73. The number of ether oxygens (including phenoxy) is 2. The summed E-state index contributed by atoms with van der Waals surface area (Å²) in [7, 11) is 1.42. The summed E-state index contributed by atoms with van der Waals surface area (Å²) in [6.07, 6.45) is 1.49.